The van der Waals surface area contributed by atoms with Gasteiger partial charge < -0.3 is 14.4 Å². The fraction of sp³-hybridized carbons (Fsp3) is 0.632. The van der Waals surface area contributed by atoms with Gasteiger partial charge in [0.1, 0.15) is 0 Å². The Morgan fingerprint density at radius 1 is 1.39 bits per heavy atom. The Balaban J connectivity index is 1.60. The molecule has 0 aliphatic carbocycles. The van der Waals surface area contributed by atoms with Crippen LogP contribution in [-0.2, 0) is 20.7 Å². The summed E-state index contributed by atoms with van der Waals surface area (Å²) in [6.45, 7) is 3.11. The van der Waals surface area contributed by atoms with E-state index in [2.05, 4.69) is 12.1 Å². The molecule has 0 unspecified atom stereocenters. The predicted molar refractivity (Wildman–Crippen MR) is 89.2 cm³/mol. The summed E-state index contributed by atoms with van der Waals surface area (Å²) in [5.41, 5.74) is 1.22. The van der Waals surface area contributed by atoms with Crippen molar-refractivity contribution in [3.8, 4) is 0 Å². The van der Waals surface area contributed by atoms with Crippen LogP contribution in [0.4, 0.5) is 0 Å². The van der Waals surface area contributed by atoms with Crippen molar-refractivity contribution in [2.24, 2.45) is 5.41 Å². The number of carbonyl (C=O) groups excluding carboxylic acids is 1. The molecule has 4 nitrogen and oxygen atoms in total. The maximum absolute atomic E-state index is 12.6. The van der Waals surface area contributed by atoms with Crippen LogP contribution in [0.25, 0.3) is 0 Å². The van der Waals surface area contributed by atoms with Gasteiger partial charge in [-0.3, -0.25) is 4.79 Å². The molecule has 126 valence electrons. The maximum atomic E-state index is 12.6. The quantitative estimate of drug-likeness (QED) is 0.838. The molecule has 23 heavy (non-hydrogen) atoms. The van der Waals surface area contributed by atoms with E-state index in [1.54, 1.807) is 7.11 Å². The second-order valence-corrected chi connectivity index (χ2v) is 6.85. The van der Waals surface area contributed by atoms with Gasteiger partial charge >= 0.3 is 0 Å². The third-order valence-corrected chi connectivity index (χ3v) is 5.24. The van der Waals surface area contributed by atoms with Crippen LogP contribution in [0.2, 0.25) is 0 Å². The predicted octanol–water partition coefficient (Wildman–Crippen LogP) is 2.66. The minimum absolute atomic E-state index is 0.00629. The van der Waals surface area contributed by atoms with E-state index in [1.165, 1.54) is 5.56 Å². The number of methoxy groups -OCH3 is 1. The Bertz CT molecular complexity index is 515. The van der Waals surface area contributed by atoms with Gasteiger partial charge in [0.25, 0.3) is 0 Å². The fourth-order valence-electron chi connectivity index (χ4n) is 4.06. The molecule has 1 aromatic carbocycles. The lowest BCUT2D eigenvalue weighted by atomic mass is 9.73. The van der Waals surface area contributed by atoms with Crippen LogP contribution in [-0.4, -0.2) is 50.3 Å². The van der Waals surface area contributed by atoms with Crippen LogP contribution in [0.5, 0.6) is 0 Å². The molecular weight excluding hydrogens is 290 g/mol. The summed E-state index contributed by atoms with van der Waals surface area (Å²) in [6.07, 6.45) is 4.72. The summed E-state index contributed by atoms with van der Waals surface area (Å²) in [6, 6.07) is 10.2. The number of ether oxygens (including phenoxy) is 2. The molecule has 0 spiro atoms. The first-order valence-corrected chi connectivity index (χ1v) is 8.66. The van der Waals surface area contributed by atoms with E-state index in [-0.39, 0.29) is 17.4 Å². The summed E-state index contributed by atoms with van der Waals surface area (Å²) in [5.74, 6) is 0.258. The Morgan fingerprint density at radius 2 is 2.22 bits per heavy atom. The van der Waals surface area contributed by atoms with Crippen LogP contribution in [0.1, 0.15) is 31.2 Å². The number of nitrogens with zero attached hydrogens (tertiary/aromatic N) is 1. The number of piperidine rings is 1. The van der Waals surface area contributed by atoms with Crippen LogP contribution >= 0.6 is 0 Å². The summed E-state index contributed by atoms with van der Waals surface area (Å²) in [7, 11) is 1.75. The molecule has 2 atom stereocenters. The van der Waals surface area contributed by atoms with E-state index in [0.29, 0.717) is 13.0 Å². The van der Waals surface area contributed by atoms with Crippen molar-refractivity contribution in [1.82, 2.24) is 4.90 Å². The number of amides is 1. The zero-order chi connectivity index (χ0) is 16.1. The Morgan fingerprint density at radius 3 is 3.00 bits per heavy atom. The van der Waals surface area contributed by atoms with Crippen molar-refractivity contribution in [2.45, 2.75) is 38.2 Å². The third kappa shape index (κ3) is 3.75. The Hall–Kier alpha value is -1.39. The van der Waals surface area contributed by atoms with E-state index in [4.69, 9.17) is 9.47 Å². The highest BCUT2D eigenvalue weighted by atomic mass is 16.5. The second kappa shape index (κ2) is 7.45. The Labute approximate surface area is 138 Å². The van der Waals surface area contributed by atoms with Gasteiger partial charge in [-0.05, 0) is 31.2 Å². The molecule has 0 radical (unpaired) electrons. The molecule has 2 saturated heterocycles. The van der Waals surface area contributed by atoms with E-state index in [9.17, 15) is 4.79 Å². The molecule has 0 saturated carbocycles. The Kier molecular flexibility index (Phi) is 5.34. The van der Waals surface area contributed by atoms with Crippen molar-refractivity contribution in [1.29, 1.82) is 0 Å². The lowest BCUT2D eigenvalue weighted by Gasteiger charge is -2.50. The number of rotatable bonds is 5. The standard InChI is InChI=1S/C19H27NO3/c1-22-15-19-11-5-13-23-17(19)10-12-20(14-19)18(21)9-8-16-6-3-2-4-7-16/h2-4,6-7,17H,5,8-15H2,1H3/t17-,19+/m0/s1. The lowest BCUT2D eigenvalue weighted by molar-refractivity contribution is -0.162. The minimum Gasteiger partial charge on any atom is -0.384 e. The first-order chi connectivity index (χ1) is 11.2. The van der Waals surface area contributed by atoms with Crippen LogP contribution in [0.15, 0.2) is 30.3 Å². The molecule has 3 rings (SSSR count). The van der Waals surface area contributed by atoms with E-state index in [1.807, 2.05) is 23.1 Å². The van der Waals surface area contributed by atoms with Crippen molar-refractivity contribution in [2.75, 3.05) is 33.4 Å². The van der Waals surface area contributed by atoms with E-state index in [0.717, 1.165) is 45.4 Å². The number of likely N-dealkylation sites (tertiary alicyclic amines) is 1. The highest BCUT2D eigenvalue weighted by Gasteiger charge is 2.46. The van der Waals surface area contributed by atoms with Gasteiger partial charge in [-0.2, -0.15) is 0 Å². The van der Waals surface area contributed by atoms with Gasteiger partial charge in [0.15, 0.2) is 0 Å². The number of hydrogen-bond acceptors (Lipinski definition) is 3. The number of fused-ring (bicyclic) bond motifs is 1. The zero-order valence-electron chi connectivity index (χ0n) is 14.0. The molecule has 2 aliphatic rings. The van der Waals surface area contributed by atoms with Crippen LogP contribution in [0, 0.1) is 5.41 Å². The summed E-state index contributed by atoms with van der Waals surface area (Å²) in [4.78, 5) is 14.7. The summed E-state index contributed by atoms with van der Waals surface area (Å²) >= 11 is 0. The van der Waals surface area contributed by atoms with Gasteiger partial charge in [0, 0.05) is 38.6 Å². The lowest BCUT2D eigenvalue weighted by Crippen LogP contribution is -2.58. The number of carbonyl (C=O) groups is 1. The van der Waals surface area contributed by atoms with E-state index >= 15 is 0 Å². The van der Waals surface area contributed by atoms with Crippen LogP contribution in [0.3, 0.4) is 0 Å². The minimum atomic E-state index is -0.00629. The zero-order valence-corrected chi connectivity index (χ0v) is 14.0. The SMILES string of the molecule is COC[C@]12CCCO[C@H]1CCN(C(=O)CCc1ccccc1)C2. The fourth-order valence-corrected chi connectivity index (χ4v) is 4.06. The smallest absolute Gasteiger partial charge is 0.222 e. The van der Waals surface area contributed by atoms with Crippen molar-refractivity contribution in [3.05, 3.63) is 35.9 Å². The molecule has 0 N–H and O–H groups in total. The first kappa shape index (κ1) is 16.5. The number of benzene rings is 1. The molecule has 0 bridgehead atoms. The van der Waals surface area contributed by atoms with E-state index < -0.39 is 0 Å². The van der Waals surface area contributed by atoms with Crippen molar-refractivity contribution >= 4 is 5.91 Å². The molecule has 1 aromatic rings. The van der Waals surface area contributed by atoms with Gasteiger partial charge in [-0.25, -0.2) is 0 Å². The third-order valence-electron chi connectivity index (χ3n) is 5.24. The van der Waals surface area contributed by atoms with Gasteiger partial charge in [0.2, 0.25) is 5.91 Å². The van der Waals surface area contributed by atoms with Gasteiger partial charge in [-0.15, -0.1) is 0 Å². The molecule has 2 aliphatic heterocycles. The molecule has 2 heterocycles. The van der Waals surface area contributed by atoms with Crippen molar-refractivity contribution < 1.29 is 14.3 Å². The second-order valence-electron chi connectivity index (χ2n) is 6.85. The first-order valence-electron chi connectivity index (χ1n) is 8.66. The highest BCUT2D eigenvalue weighted by Crippen LogP contribution is 2.40. The number of aryl methyl sites for hydroxylation is 1. The maximum Gasteiger partial charge on any atom is 0.222 e. The largest absolute Gasteiger partial charge is 0.384 e. The average Bonchev–Trinajstić information content (AvgIpc) is 2.60. The normalized spacial score (nSPS) is 27.5. The number of hydrogen-bond donors (Lipinski definition) is 0. The molecule has 2 fully saturated rings. The molecule has 4 heteroatoms. The molecule has 0 aromatic heterocycles. The topological polar surface area (TPSA) is 38.8 Å². The average molecular weight is 317 g/mol. The molecule has 1 amide bonds. The summed E-state index contributed by atoms with van der Waals surface area (Å²) < 4.78 is 11.5. The summed E-state index contributed by atoms with van der Waals surface area (Å²) in [5, 5.41) is 0. The van der Waals surface area contributed by atoms with Crippen molar-refractivity contribution in [3.63, 3.8) is 0 Å². The van der Waals surface area contributed by atoms with Gasteiger partial charge in [0.05, 0.1) is 12.7 Å². The van der Waals surface area contributed by atoms with Gasteiger partial charge in [-0.1, -0.05) is 30.3 Å². The molecular formula is C19H27NO3. The van der Waals surface area contributed by atoms with Crippen LogP contribution < -0.4 is 0 Å². The highest BCUT2D eigenvalue weighted by molar-refractivity contribution is 5.76. The monoisotopic (exact) mass is 317 g/mol.